The number of ether oxygens (including phenoxy) is 1. The molecular formula is C26H31N3O5S. The third-order valence-corrected chi connectivity index (χ3v) is 8.40. The average molecular weight is 498 g/mol. The van der Waals surface area contributed by atoms with Gasteiger partial charge in [-0.25, -0.2) is 8.42 Å². The number of rotatable bonds is 8. The van der Waals surface area contributed by atoms with Crippen LogP contribution in [0.5, 0.6) is 0 Å². The zero-order valence-electron chi connectivity index (χ0n) is 20.6. The maximum atomic E-state index is 12.6. The molecule has 1 aliphatic carbocycles. The normalized spacial score (nSPS) is 15.0. The Bertz CT molecular complexity index is 1330. The lowest BCUT2D eigenvalue weighted by molar-refractivity contribution is -0.140. The Balaban J connectivity index is 1.55. The summed E-state index contributed by atoms with van der Waals surface area (Å²) in [5, 5.41) is 4.14. The van der Waals surface area contributed by atoms with E-state index < -0.39 is 15.8 Å². The molecular weight excluding hydrogens is 466 g/mol. The first-order chi connectivity index (χ1) is 16.6. The van der Waals surface area contributed by atoms with E-state index in [0.29, 0.717) is 17.3 Å². The van der Waals surface area contributed by atoms with Crippen LogP contribution in [-0.4, -0.2) is 42.4 Å². The van der Waals surface area contributed by atoms with Gasteiger partial charge in [0.2, 0.25) is 5.82 Å². The lowest BCUT2D eigenvalue weighted by atomic mass is 9.73. The number of carbonyl (C=O) groups excluding carboxylic acids is 1. The van der Waals surface area contributed by atoms with Crippen molar-refractivity contribution in [3.05, 3.63) is 47.3 Å². The zero-order valence-corrected chi connectivity index (χ0v) is 21.4. The van der Waals surface area contributed by atoms with E-state index in [0.717, 1.165) is 36.9 Å². The van der Waals surface area contributed by atoms with Crippen molar-refractivity contribution in [2.75, 3.05) is 12.9 Å². The van der Waals surface area contributed by atoms with Gasteiger partial charge in [-0.3, -0.25) is 9.78 Å². The van der Waals surface area contributed by atoms with Crippen molar-refractivity contribution in [1.82, 2.24) is 15.1 Å². The van der Waals surface area contributed by atoms with E-state index in [4.69, 9.17) is 9.51 Å². The number of aryl methyl sites for hydroxylation is 1. The first-order valence-corrected chi connectivity index (χ1v) is 13.5. The minimum Gasteiger partial charge on any atom is -0.469 e. The van der Waals surface area contributed by atoms with Gasteiger partial charge in [-0.05, 0) is 72.9 Å². The molecule has 186 valence electrons. The van der Waals surface area contributed by atoms with Gasteiger partial charge < -0.3 is 9.26 Å². The summed E-state index contributed by atoms with van der Waals surface area (Å²) in [6.45, 7) is 6.70. The highest BCUT2D eigenvalue weighted by atomic mass is 32.2. The molecule has 0 N–H and O–H groups in total. The molecule has 0 spiro atoms. The quantitative estimate of drug-likeness (QED) is 0.415. The highest BCUT2D eigenvalue weighted by Crippen LogP contribution is 2.40. The Morgan fingerprint density at radius 2 is 1.91 bits per heavy atom. The topological polar surface area (TPSA) is 112 Å². The van der Waals surface area contributed by atoms with E-state index in [1.807, 2.05) is 6.20 Å². The molecule has 0 saturated carbocycles. The monoisotopic (exact) mass is 497 g/mol. The number of pyridine rings is 1. The molecule has 1 aliphatic rings. The van der Waals surface area contributed by atoms with E-state index in [9.17, 15) is 13.2 Å². The standard InChI is InChI=1S/C26H31N3O5S/c1-5-22-20-15-26(2,3)13-12-19(20)21(16-27-22)25-28-24(29-34-25)17-8-10-18(11-9-17)35(31,32)14-6-7-23(30)33-4/h8-11,16H,5-7,12-15H2,1-4H3. The first kappa shape index (κ1) is 25.0. The SMILES string of the molecule is CCc1ncc(-c2nc(-c3ccc(S(=O)(=O)CCCC(=O)OC)cc3)no2)c2c1CC(C)(C)CC2. The second kappa shape index (κ2) is 9.89. The number of nitrogens with zero attached hydrogens (tertiary/aromatic N) is 3. The Kier molecular flexibility index (Phi) is 7.07. The van der Waals surface area contributed by atoms with Crippen molar-refractivity contribution in [2.24, 2.45) is 5.41 Å². The van der Waals surface area contributed by atoms with E-state index in [1.165, 1.54) is 30.4 Å². The molecule has 0 amide bonds. The Labute approximate surface area is 206 Å². The summed E-state index contributed by atoms with van der Waals surface area (Å²) in [7, 11) is -2.22. The number of carbonyl (C=O) groups is 1. The summed E-state index contributed by atoms with van der Waals surface area (Å²) < 4.78 is 35.3. The van der Waals surface area contributed by atoms with Gasteiger partial charge in [-0.1, -0.05) is 25.9 Å². The summed E-state index contributed by atoms with van der Waals surface area (Å²) in [5.74, 6) is 0.258. The number of hydrogen-bond donors (Lipinski definition) is 0. The number of aromatic nitrogens is 3. The van der Waals surface area contributed by atoms with Gasteiger partial charge in [0, 0.05) is 23.9 Å². The van der Waals surface area contributed by atoms with E-state index in [-0.39, 0.29) is 28.9 Å². The lowest BCUT2D eigenvalue weighted by Crippen LogP contribution is -2.24. The summed E-state index contributed by atoms with van der Waals surface area (Å²) >= 11 is 0. The molecule has 8 nitrogen and oxygen atoms in total. The third-order valence-electron chi connectivity index (χ3n) is 6.58. The van der Waals surface area contributed by atoms with Crippen LogP contribution < -0.4 is 0 Å². The maximum Gasteiger partial charge on any atom is 0.305 e. The van der Waals surface area contributed by atoms with Crippen molar-refractivity contribution < 1.29 is 22.5 Å². The third kappa shape index (κ3) is 5.45. The number of benzene rings is 1. The van der Waals surface area contributed by atoms with Crippen molar-refractivity contribution in [3.8, 4) is 22.8 Å². The molecule has 9 heteroatoms. The Morgan fingerprint density at radius 1 is 1.17 bits per heavy atom. The smallest absolute Gasteiger partial charge is 0.305 e. The predicted molar refractivity (Wildman–Crippen MR) is 131 cm³/mol. The van der Waals surface area contributed by atoms with Crippen molar-refractivity contribution in [2.45, 2.75) is 64.2 Å². The molecule has 0 radical (unpaired) electrons. The molecule has 35 heavy (non-hydrogen) atoms. The molecule has 1 aromatic carbocycles. The first-order valence-electron chi connectivity index (χ1n) is 11.9. The van der Waals surface area contributed by atoms with Gasteiger partial charge in [-0.15, -0.1) is 0 Å². The summed E-state index contributed by atoms with van der Waals surface area (Å²) in [6.07, 6.45) is 5.97. The minimum absolute atomic E-state index is 0.0642. The van der Waals surface area contributed by atoms with Gasteiger partial charge in [0.25, 0.3) is 5.89 Å². The highest BCUT2D eigenvalue weighted by molar-refractivity contribution is 7.91. The van der Waals surface area contributed by atoms with Crippen molar-refractivity contribution in [3.63, 3.8) is 0 Å². The predicted octanol–water partition coefficient (Wildman–Crippen LogP) is 4.60. The molecule has 0 fully saturated rings. The van der Waals surface area contributed by atoms with Crippen LogP contribution in [0, 0.1) is 5.41 Å². The van der Waals surface area contributed by atoms with Crippen molar-refractivity contribution >= 4 is 15.8 Å². The molecule has 4 rings (SSSR count). The fraction of sp³-hybridized carbons (Fsp3) is 0.462. The second-order valence-corrected chi connectivity index (χ2v) is 11.8. The number of hydrogen-bond acceptors (Lipinski definition) is 8. The van der Waals surface area contributed by atoms with Gasteiger partial charge in [0.15, 0.2) is 9.84 Å². The van der Waals surface area contributed by atoms with Crippen LogP contribution in [0.2, 0.25) is 0 Å². The minimum atomic E-state index is -3.51. The van der Waals surface area contributed by atoms with Gasteiger partial charge in [0.05, 0.1) is 23.3 Å². The fourth-order valence-electron chi connectivity index (χ4n) is 4.54. The number of esters is 1. The molecule has 0 aliphatic heterocycles. The average Bonchev–Trinajstić information content (AvgIpc) is 3.32. The van der Waals surface area contributed by atoms with Gasteiger partial charge in [-0.2, -0.15) is 4.98 Å². The van der Waals surface area contributed by atoms with Crippen LogP contribution in [-0.2, 0) is 38.6 Å². The fourth-order valence-corrected chi connectivity index (χ4v) is 5.85. The van der Waals surface area contributed by atoms with E-state index >= 15 is 0 Å². The Morgan fingerprint density at radius 3 is 2.60 bits per heavy atom. The highest BCUT2D eigenvalue weighted by Gasteiger charge is 2.30. The number of methoxy groups -OCH3 is 1. The number of sulfone groups is 1. The van der Waals surface area contributed by atoms with Crippen LogP contribution in [0.4, 0.5) is 0 Å². The summed E-state index contributed by atoms with van der Waals surface area (Å²) in [5.41, 5.74) is 5.42. The van der Waals surface area contributed by atoms with Gasteiger partial charge >= 0.3 is 5.97 Å². The summed E-state index contributed by atoms with van der Waals surface area (Å²) in [4.78, 5) is 20.7. The van der Waals surface area contributed by atoms with Crippen LogP contribution >= 0.6 is 0 Å². The largest absolute Gasteiger partial charge is 0.469 e. The van der Waals surface area contributed by atoms with Crippen LogP contribution in [0.25, 0.3) is 22.8 Å². The Hall–Kier alpha value is -3.07. The van der Waals surface area contributed by atoms with Crippen LogP contribution in [0.1, 0.15) is 56.9 Å². The maximum absolute atomic E-state index is 12.6. The second-order valence-electron chi connectivity index (χ2n) is 9.72. The molecule has 2 aromatic heterocycles. The molecule has 2 heterocycles. The zero-order chi connectivity index (χ0) is 25.2. The van der Waals surface area contributed by atoms with Crippen LogP contribution in [0.15, 0.2) is 39.9 Å². The molecule has 0 bridgehead atoms. The van der Waals surface area contributed by atoms with E-state index in [1.54, 1.807) is 12.1 Å². The molecule has 0 unspecified atom stereocenters. The molecule has 0 saturated heterocycles. The number of fused-ring (bicyclic) bond motifs is 1. The van der Waals surface area contributed by atoms with Gasteiger partial charge in [0.1, 0.15) is 0 Å². The lowest BCUT2D eigenvalue weighted by Gasteiger charge is -2.33. The summed E-state index contributed by atoms with van der Waals surface area (Å²) in [6, 6.07) is 6.39. The molecule has 3 aromatic rings. The van der Waals surface area contributed by atoms with Crippen molar-refractivity contribution in [1.29, 1.82) is 0 Å². The van der Waals surface area contributed by atoms with E-state index in [2.05, 4.69) is 35.6 Å². The van der Waals surface area contributed by atoms with Crippen LogP contribution in [0.3, 0.4) is 0 Å². The molecule has 0 atom stereocenters.